The molecule has 1 unspecified atom stereocenters. The van der Waals surface area contributed by atoms with Crippen molar-refractivity contribution >= 4 is 17.6 Å². The van der Waals surface area contributed by atoms with Crippen molar-refractivity contribution in [2.24, 2.45) is 4.99 Å². The van der Waals surface area contributed by atoms with Crippen molar-refractivity contribution in [1.29, 1.82) is 0 Å². The predicted molar refractivity (Wildman–Crippen MR) is 112 cm³/mol. The van der Waals surface area contributed by atoms with E-state index in [1.807, 2.05) is 68.4 Å². The summed E-state index contributed by atoms with van der Waals surface area (Å²) in [7, 11) is 1.61. The van der Waals surface area contributed by atoms with Crippen molar-refractivity contribution in [3.05, 3.63) is 54.6 Å². The molecule has 3 N–H and O–H groups in total. The van der Waals surface area contributed by atoms with E-state index >= 15 is 0 Å². The molecular formula is C21H28N4O3. The molecule has 28 heavy (non-hydrogen) atoms. The summed E-state index contributed by atoms with van der Waals surface area (Å²) in [4.78, 5) is 16.4. The van der Waals surface area contributed by atoms with Gasteiger partial charge in [0.25, 0.3) is 0 Å². The molecule has 0 heterocycles. The number of rotatable bonds is 9. The number of carbonyl (C=O) groups is 1. The van der Waals surface area contributed by atoms with Crippen LogP contribution in [0.3, 0.4) is 0 Å². The molecule has 0 bridgehead atoms. The maximum Gasteiger partial charge on any atom is 0.246 e. The number of nitrogens with one attached hydrogen (secondary N) is 3. The molecule has 0 aliphatic rings. The molecule has 1 amide bonds. The Bertz CT molecular complexity index is 765. The molecule has 2 rings (SSSR count). The van der Waals surface area contributed by atoms with Gasteiger partial charge in [-0.2, -0.15) is 0 Å². The van der Waals surface area contributed by atoms with Gasteiger partial charge in [0.1, 0.15) is 12.6 Å². The van der Waals surface area contributed by atoms with Crippen LogP contribution in [0.2, 0.25) is 0 Å². The number of benzene rings is 2. The van der Waals surface area contributed by atoms with Crippen LogP contribution in [0.1, 0.15) is 13.8 Å². The Labute approximate surface area is 166 Å². The Hall–Kier alpha value is -3.22. The second-order valence-corrected chi connectivity index (χ2v) is 6.07. The monoisotopic (exact) mass is 384 g/mol. The van der Waals surface area contributed by atoms with Crippen LogP contribution in [0, 0.1) is 0 Å². The third-order valence-corrected chi connectivity index (χ3v) is 3.74. The highest BCUT2D eigenvalue weighted by molar-refractivity contribution is 5.94. The normalized spacial score (nSPS) is 12.0. The Morgan fingerprint density at radius 3 is 2.39 bits per heavy atom. The molecule has 0 radical (unpaired) electrons. The van der Waals surface area contributed by atoms with Gasteiger partial charge >= 0.3 is 0 Å². The molecule has 1 atom stereocenters. The Balaban J connectivity index is 1.85. The summed E-state index contributed by atoms with van der Waals surface area (Å²) >= 11 is 0. The summed E-state index contributed by atoms with van der Waals surface area (Å²) in [6.07, 6.45) is -0.127. The predicted octanol–water partition coefficient (Wildman–Crippen LogP) is 2.66. The number of hydrogen-bond acceptors (Lipinski definition) is 4. The lowest BCUT2D eigenvalue weighted by molar-refractivity contribution is -0.114. The van der Waals surface area contributed by atoms with Gasteiger partial charge in [-0.15, -0.1) is 0 Å². The van der Waals surface area contributed by atoms with Crippen molar-refractivity contribution in [3.8, 4) is 11.5 Å². The highest BCUT2D eigenvalue weighted by atomic mass is 16.5. The summed E-state index contributed by atoms with van der Waals surface area (Å²) in [5.74, 6) is 1.75. The maximum absolute atomic E-state index is 12.1. The van der Waals surface area contributed by atoms with Crippen LogP contribution in [0.5, 0.6) is 11.5 Å². The van der Waals surface area contributed by atoms with E-state index in [0.717, 1.165) is 5.69 Å². The van der Waals surface area contributed by atoms with E-state index in [4.69, 9.17) is 9.47 Å². The van der Waals surface area contributed by atoms with Crippen LogP contribution in [0.4, 0.5) is 5.69 Å². The van der Waals surface area contributed by atoms with Crippen molar-refractivity contribution in [2.45, 2.75) is 20.0 Å². The average molecular weight is 384 g/mol. The number of amides is 1. The lowest BCUT2D eigenvalue weighted by atomic mass is 10.3. The lowest BCUT2D eigenvalue weighted by Gasteiger charge is -2.19. The van der Waals surface area contributed by atoms with Crippen LogP contribution in [-0.4, -0.2) is 44.7 Å². The fraction of sp³-hybridized carbons (Fsp3) is 0.333. The van der Waals surface area contributed by atoms with Gasteiger partial charge in [-0.3, -0.25) is 4.79 Å². The van der Waals surface area contributed by atoms with E-state index in [2.05, 4.69) is 20.9 Å². The molecule has 7 nitrogen and oxygen atoms in total. The van der Waals surface area contributed by atoms with Crippen molar-refractivity contribution in [1.82, 2.24) is 10.6 Å². The first kappa shape index (κ1) is 21.1. The Kier molecular flexibility index (Phi) is 8.65. The van der Waals surface area contributed by atoms with Gasteiger partial charge in [0, 0.05) is 12.2 Å². The summed E-state index contributed by atoms with van der Waals surface area (Å²) < 4.78 is 11.2. The molecule has 0 aliphatic heterocycles. The molecule has 0 spiro atoms. The standard InChI is InChI=1S/C21H28N4O3/c1-4-22-21(24-15-20(26)25-17-10-6-5-7-11-17)23-14-16(2)28-19-13-9-8-12-18(19)27-3/h5-13,16H,4,14-15H2,1-3H3,(H,25,26)(H2,22,23,24). The Morgan fingerprint density at radius 1 is 1.04 bits per heavy atom. The van der Waals surface area contributed by atoms with Gasteiger partial charge in [0.15, 0.2) is 17.5 Å². The molecule has 7 heteroatoms. The van der Waals surface area contributed by atoms with Gasteiger partial charge < -0.3 is 25.4 Å². The van der Waals surface area contributed by atoms with Crippen molar-refractivity contribution < 1.29 is 14.3 Å². The summed E-state index contributed by atoms with van der Waals surface area (Å²) in [6, 6.07) is 16.8. The quantitative estimate of drug-likeness (QED) is 0.457. The number of para-hydroxylation sites is 3. The second kappa shape index (κ2) is 11.5. The number of guanidine groups is 1. The molecule has 0 aliphatic carbocycles. The third-order valence-electron chi connectivity index (χ3n) is 3.74. The number of hydrogen-bond donors (Lipinski definition) is 3. The van der Waals surface area contributed by atoms with Gasteiger partial charge in [0.2, 0.25) is 5.91 Å². The van der Waals surface area contributed by atoms with Crippen molar-refractivity contribution in [3.63, 3.8) is 0 Å². The molecule has 0 saturated carbocycles. The number of ether oxygens (including phenoxy) is 2. The number of nitrogens with zero attached hydrogens (tertiary/aromatic N) is 1. The minimum absolute atomic E-state index is 0.0198. The molecule has 0 aromatic heterocycles. The third kappa shape index (κ3) is 7.19. The van der Waals surface area contributed by atoms with E-state index in [1.54, 1.807) is 7.11 Å². The lowest BCUT2D eigenvalue weighted by Crippen LogP contribution is -2.42. The van der Waals surface area contributed by atoms with E-state index in [-0.39, 0.29) is 18.6 Å². The van der Waals surface area contributed by atoms with Gasteiger partial charge in [0.05, 0.1) is 13.7 Å². The summed E-state index contributed by atoms with van der Waals surface area (Å²) in [6.45, 7) is 5.14. The highest BCUT2D eigenvalue weighted by Gasteiger charge is 2.10. The van der Waals surface area contributed by atoms with Crippen LogP contribution in [0.15, 0.2) is 59.6 Å². The maximum atomic E-state index is 12.1. The minimum Gasteiger partial charge on any atom is -0.493 e. The molecule has 2 aromatic carbocycles. The first-order valence-corrected chi connectivity index (χ1v) is 9.29. The zero-order chi connectivity index (χ0) is 20.2. The molecule has 0 fully saturated rings. The fourth-order valence-corrected chi connectivity index (χ4v) is 2.43. The van der Waals surface area contributed by atoms with Crippen molar-refractivity contribution in [2.75, 3.05) is 32.1 Å². The van der Waals surface area contributed by atoms with Crippen LogP contribution >= 0.6 is 0 Å². The smallest absolute Gasteiger partial charge is 0.246 e. The second-order valence-electron chi connectivity index (χ2n) is 6.07. The fourth-order valence-electron chi connectivity index (χ4n) is 2.43. The van der Waals surface area contributed by atoms with Crippen LogP contribution in [0.25, 0.3) is 0 Å². The largest absolute Gasteiger partial charge is 0.493 e. The molecule has 2 aromatic rings. The van der Waals surface area contributed by atoms with E-state index in [1.165, 1.54) is 0 Å². The minimum atomic E-state index is -0.179. The topological polar surface area (TPSA) is 84.0 Å². The van der Waals surface area contributed by atoms with Gasteiger partial charge in [-0.25, -0.2) is 4.99 Å². The first-order chi connectivity index (χ1) is 13.6. The summed E-state index contributed by atoms with van der Waals surface area (Å²) in [5.41, 5.74) is 0.750. The van der Waals surface area contributed by atoms with Gasteiger partial charge in [-0.05, 0) is 38.1 Å². The van der Waals surface area contributed by atoms with Crippen LogP contribution in [-0.2, 0) is 4.79 Å². The number of methoxy groups -OCH3 is 1. The molecule has 150 valence electrons. The van der Waals surface area contributed by atoms with E-state index in [0.29, 0.717) is 30.5 Å². The number of carbonyl (C=O) groups excluding carboxylic acids is 1. The number of aliphatic imine (C=N–C) groups is 1. The van der Waals surface area contributed by atoms with E-state index < -0.39 is 0 Å². The Morgan fingerprint density at radius 2 is 1.71 bits per heavy atom. The molecular weight excluding hydrogens is 356 g/mol. The van der Waals surface area contributed by atoms with Gasteiger partial charge in [-0.1, -0.05) is 30.3 Å². The van der Waals surface area contributed by atoms with E-state index in [9.17, 15) is 4.79 Å². The average Bonchev–Trinajstić information content (AvgIpc) is 2.71. The first-order valence-electron chi connectivity index (χ1n) is 9.29. The summed E-state index contributed by atoms with van der Waals surface area (Å²) in [5, 5.41) is 9.12. The number of anilines is 1. The zero-order valence-corrected chi connectivity index (χ0v) is 16.6. The molecule has 0 saturated heterocycles. The van der Waals surface area contributed by atoms with Crippen LogP contribution < -0.4 is 25.4 Å². The zero-order valence-electron chi connectivity index (χ0n) is 16.6. The SMILES string of the molecule is CCNC(=NCC(=O)Nc1ccccc1)NCC(C)Oc1ccccc1OC. The highest BCUT2D eigenvalue weighted by Crippen LogP contribution is 2.26.